The zero-order chi connectivity index (χ0) is 13.8. The lowest BCUT2D eigenvalue weighted by atomic mass is 10.1. The second-order valence-corrected chi connectivity index (χ2v) is 6.17. The van der Waals surface area contributed by atoms with E-state index in [0.717, 1.165) is 6.54 Å². The summed E-state index contributed by atoms with van der Waals surface area (Å²) < 4.78 is 0. The van der Waals surface area contributed by atoms with Gasteiger partial charge in [0.25, 0.3) is 0 Å². The Balaban J connectivity index is 2.33. The second kappa shape index (κ2) is 6.22. The Morgan fingerprint density at radius 1 is 1.26 bits per heavy atom. The lowest BCUT2D eigenvalue weighted by Crippen LogP contribution is -2.31. The molecule has 0 spiro atoms. The molecule has 2 N–H and O–H groups in total. The minimum Gasteiger partial charge on any atom is -0.364 e. The molecule has 1 aromatic heterocycles. The Bertz CT molecular complexity index is 518. The van der Waals surface area contributed by atoms with E-state index in [2.05, 4.69) is 61.4 Å². The number of hydrogen-bond acceptors (Lipinski definition) is 3. The van der Waals surface area contributed by atoms with Crippen molar-refractivity contribution in [2.24, 2.45) is 5.73 Å². The molecule has 2 nitrogen and oxygen atoms in total. The van der Waals surface area contributed by atoms with Gasteiger partial charge in [0.1, 0.15) is 0 Å². The number of anilines is 1. The first-order valence-corrected chi connectivity index (χ1v) is 7.58. The van der Waals surface area contributed by atoms with Gasteiger partial charge >= 0.3 is 0 Å². The standard InChI is InChI=1S/C16H22N2S/c1-12(2)18(11-15-5-4-8-19-15)16-7-6-13(3)9-14(16)10-17/h4-9,12H,10-11,17H2,1-3H3. The smallest absolute Gasteiger partial charge is 0.0525 e. The minimum absolute atomic E-state index is 0.454. The summed E-state index contributed by atoms with van der Waals surface area (Å²) >= 11 is 1.81. The Labute approximate surface area is 119 Å². The molecule has 0 saturated heterocycles. The van der Waals surface area contributed by atoms with Gasteiger partial charge in [0.05, 0.1) is 6.54 Å². The number of aryl methyl sites for hydroxylation is 1. The van der Waals surface area contributed by atoms with Crippen molar-refractivity contribution in [2.45, 2.75) is 39.9 Å². The van der Waals surface area contributed by atoms with Crippen molar-refractivity contribution in [1.82, 2.24) is 0 Å². The minimum atomic E-state index is 0.454. The van der Waals surface area contributed by atoms with Crippen LogP contribution in [0.4, 0.5) is 5.69 Å². The molecule has 0 unspecified atom stereocenters. The molecule has 0 bridgehead atoms. The van der Waals surface area contributed by atoms with Gasteiger partial charge in [-0.3, -0.25) is 0 Å². The molecule has 0 saturated carbocycles. The van der Waals surface area contributed by atoms with Gasteiger partial charge in [-0.2, -0.15) is 0 Å². The van der Waals surface area contributed by atoms with Crippen LogP contribution in [0.3, 0.4) is 0 Å². The molecule has 102 valence electrons. The van der Waals surface area contributed by atoms with E-state index in [0.29, 0.717) is 12.6 Å². The van der Waals surface area contributed by atoms with Crippen LogP contribution in [0.5, 0.6) is 0 Å². The van der Waals surface area contributed by atoms with E-state index in [1.54, 1.807) is 0 Å². The second-order valence-electron chi connectivity index (χ2n) is 5.14. The van der Waals surface area contributed by atoms with Crippen LogP contribution in [0.2, 0.25) is 0 Å². The number of nitrogens with zero attached hydrogens (tertiary/aromatic N) is 1. The Morgan fingerprint density at radius 3 is 2.63 bits per heavy atom. The maximum atomic E-state index is 5.91. The highest BCUT2D eigenvalue weighted by Crippen LogP contribution is 2.26. The molecule has 0 fully saturated rings. The van der Waals surface area contributed by atoms with Crippen LogP contribution < -0.4 is 10.6 Å². The third-order valence-corrected chi connectivity index (χ3v) is 4.16. The molecular weight excluding hydrogens is 252 g/mol. The highest BCUT2D eigenvalue weighted by Gasteiger charge is 2.15. The van der Waals surface area contributed by atoms with Crippen molar-refractivity contribution >= 4 is 17.0 Å². The average Bonchev–Trinajstić information content (AvgIpc) is 2.89. The van der Waals surface area contributed by atoms with Gasteiger partial charge in [-0.05, 0) is 43.8 Å². The molecule has 19 heavy (non-hydrogen) atoms. The first-order chi connectivity index (χ1) is 9.11. The van der Waals surface area contributed by atoms with Crippen LogP contribution in [-0.4, -0.2) is 6.04 Å². The van der Waals surface area contributed by atoms with Gasteiger partial charge in [0, 0.05) is 23.2 Å². The summed E-state index contributed by atoms with van der Waals surface area (Å²) in [7, 11) is 0. The first kappa shape index (κ1) is 14.1. The summed E-state index contributed by atoms with van der Waals surface area (Å²) in [5.41, 5.74) is 9.66. The van der Waals surface area contributed by atoms with Crippen molar-refractivity contribution in [1.29, 1.82) is 0 Å². The topological polar surface area (TPSA) is 29.3 Å². The molecule has 0 atom stereocenters. The van der Waals surface area contributed by atoms with Crippen molar-refractivity contribution in [3.8, 4) is 0 Å². The van der Waals surface area contributed by atoms with Gasteiger partial charge in [-0.25, -0.2) is 0 Å². The monoisotopic (exact) mass is 274 g/mol. The molecule has 0 aliphatic heterocycles. The molecular formula is C16H22N2S. The number of rotatable bonds is 5. The van der Waals surface area contributed by atoms with Crippen molar-refractivity contribution in [2.75, 3.05) is 4.90 Å². The van der Waals surface area contributed by atoms with E-state index < -0.39 is 0 Å². The molecule has 0 aliphatic carbocycles. The summed E-state index contributed by atoms with van der Waals surface area (Å²) in [5.74, 6) is 0. The highest BCUT2D eigenvalue weighted by atomic mass is 32.1. The molecule has 3 heteroatoms. The summed E-state index contributed by atoms with van der Waals surface area (Å²) in [6, 6.07) is 11.3. The predicted octanol–water partition coefficient (Wildman–Crippen LogP) is 3.93. The van der Waals surface area contributed by atoms with Crippen molar-refractivity contribution < 1.29 is 0 Å². The third-order valence-electron chi connectivity index (χ3n) is 3.29. The Morgan fingerprint density at radius 2 is 2.05 bits per heavy atom. The van der Waals surface area contributed by atoms with Crippen LogP contribution in [0.25, 0.3) is 0 Å². The van der Waals surface area contributed by atoms with E-state index in [1.807, 2.05) is 11.3 Å². The van der Waals surface area contributed by atoms with Gasteiger partial charge in [0.2, 0.25) is 0 Å². The highest BCUT2D eigenvalue weighted by molar-refractivity contribution is 7.09. The number of hydrogen-bond donors (Lipinski definition) is 1. The summed E-state index contributed by atoms with van der Waals surface area (Å²) in [5, 5.41) is 2.13. The zero-order valence-corrected chi connectivity index (χ0v) is 12.7. The molecule has 2 rings (SSSR count). The fraction of sp³-hybridized carbons (Fsp3) is 0.375. The molecule has 2 aromatic rings. The molecule has 0 aliphatic rings. The van der Waals surface area contributed by atoms with Crippen LogP contribution >= 0.6 is 11.3 Å². The van der Waals surface area contributed by atoms with E-state index in [1.165, 1.54) is 21.7 Å². The molecule has 1 heterocycles. The lowest BCUT2D eigenvalue weighted by molar-refractivity contribution is 0.683. The van der Waals surface area contributed by atoms with Crippen LogP contribution in [0, 0.1) is 6.92 Å². The van der Waals surface area contributed by atoms with E-state index in [4.69, 9.17) is 5.73 Å². The maximum Gasteiger partial charge on any atom is 0.0525 e. The SMILES string of the molecule is Cc1ccc(N(Cc2cccs2)C(C)C)c(CN)c1. The van der Waals surface area contributed by atoms with Crippen molar-refractivity contribution in [3.05, 3.63) is 51.7 Å². The molecule has 1 aromatic carbocycles. The quantitative estimate of drug-likeness (QED) is 0.895. The Kier molecular flexibility index (Phi) is 4.61. The molecule has 0 amide bonds. The zero-order valence-electron chi connectivity index (χ0n) is 11.9. The van der Waals surface area contributed by atoms with Crippen LogP contribution in [0.1, 0.15) is 29.9 Å². The fourth-order valence-corrected chi connectivity index (χ4v) is 2.98. The normalized spacial score (nSPS) is 11.0. The summed E-state index contributed by atoms with van der Waals surface area (Å²) in [6.07, 6.45) is 0. The average molecular weight is 274 g/mol. The molecule has 0 radical (unpaired) electrons. The van der Waals surface area contributed by atoms with Crippen LogP contribution in [0.15, 0.2) is 35.7 Å². The van der Waals surface area contributed by atoms with Crippen LogP contribution in [-0.2, 0) is 13.1 Å². The van der Waals surface area contributed by atoms with Gasteiger partial charge in [-0.15, -0.1) is 11.3 Å². The summed E-state index contributed by atoms with van der Waals surface area (Å²) in [6.45, 7) is 8.11. The van der Waals surface area contributed by atoms with Gasteiger partial charge < -0.3 is 10.6 Å². The van der Waals surface area contributed by atoms with Gasteiger partial charge in [-0.1, -0.05) is 23.8 Å². The number of benzene rings is 1. The third kappa shape index (κ3) is 3.37. The van der Waals surface area contributed by atoms with Gasteiger partial charge in [0.15, 0.2) is 0 Å². The van der Waals surface area contributed by atoms with E-state index >= 15 is 0 Å². The Hall–Kier alpha value is -1.32. The first-order valence-electron chi connectivity index (χ1n) is 6.70. The van der Waals surface area contributed by atoms with E-state index in [9.17, 15) is 0 Å². The lowest BCUT2D eigenvalue weighted by Gasteiger charge is -2.30. The number of thiophene rings is 1. The maximum absolute atomic E-state index is 5.91. The predicted molar refractivity (Wildman–Crippen MR) is 84.7 cm³/mol. The summed E-state index contributed by atoms with van der Waals surface area (Å²) in [4.78, 5) is 3.81. The largest absolute Gasteiger partial charge is 0.364 e. The fourth-order valence-electron chi connectivity index (χ4n) is 2.27. The van der Waals surface area contributed by atoms with E-state index in [-0.39, 0.29) is 0 Å². The van der Waals surface area contributed by atoms with Crippen molar-refractivity contribution in [3.63, 3.8) is 0 Å². The number of nitrogens with two attached hydrogens (primary N) is 1.